The topological polar surface area (TPSA) is 84.5 Å². The Hall–Kier alpha value is -2.21. The molecular weight excluding hydrogens is 356 g/mol. The summed E-state index contributed by atoms with van der Waals surface area (Å²) < 4.78 is 5.32. The Kier molecular flexibility index (Phi) is 9.14. The van der Waals surface area contributed by atoms with Crippen LogP contribution in [0.3, 0.4) is 0 Å². The van der Waals surface area contributed by atoms with Gasteiger partial charge in [-0.2, -0.15) is 0 Å². The van der Waals surface area contributed by atoms with Crippen LogP contribution in [0.25, 0.3) is 0 Å². The van der Waals surface area contributed by atoms with Gasteiger partial charge in [0.05, 0.1) is 6.42 Å². The van der Waals surface area contributed by atoms with E-state index in [2.05, 4.69) is 10.9 Å². The normalized spacial score (nSPS) is 18.0. The number of benzene rings is 1. The van der Waals surface area contributed by atoms with E-state index >= 15 is 0 Å². The molecule has 154 valence electrons. The molecule has 2 rings (SSSR count). The van der Waals surface area contributed by atoms with E-state index in [9.17, 15) is 14.4 Å². The maximum atomic E-state index is 12.5. The highest BCUT2D eigenvalue weighted by Gasteiger charge is 2.25. The Balaban J connectivity index is 1.79. The van der Waals surface area contributed by atoms with Gasteiger partial charge in [0.1, 0.15) is 12.4 Å². The maximum absolute atomic E-state index is 12.5. The van der Waals surface area contributed by atoms with Crippen molar-refractivity contribution in [1.29, 1.82) is 0 Å². The lowest BCUT2D eigenvalue weighted by atomic mass is 9.88. The molecule has 1 aliphatic carbocycles. The second kappa shape index (κ2) is 11.6. The molecule has 6 nitrogen and oxygen atoms in total. The molecule has 0 aromatic heterocycles. The summed E-state index contributed by atoms with van der Waals surface area (Å²) in [5.41, 5.74) is 6.50. The van der Waals surface area contributed by atoms with Gasteiger partial charge in [0.15, 0.2) is 0 Å². The second-order valence-electron chi connectivity index (χ2n) is 7.96. The quantitative estimate of drug-likeness (QED) is 0.475. The summed E-state index contributed by atoms with van der Waals surface area (Å²) in [7, 11) is 0. The van der Waals surface area contributed by atoms with Crippen molar-refractivity contribution >= 4 is 17.7 Å². The molecule has 0 spiro atoms. The maximum Gasteiger partial charge on any atom is 0.306 e. The molecule has 2 N–H and O–H groups in total. The van der Waals surface area contributed by atoms with Gasteiger partial charge in [0.2, 0.25) is 5.91 Å². The zero-order chi connectivity index (χ0) is 20.4. The summed E-state index contributed by atoms with van der Waals surface area (Å²) in [5, 5.41) is 0. The van der Waals surface area contributed by atoms with Crippen molar-refractivity contribution in [1.82, 2.24) is 10.9 Å². The summed E-state index contributed by atoms with van der Waals surface area (Å²) >= 11 is 0. The number of carbonyl (C=O) groups excluding carboxylic acids is 3. The van der Waals surface area contributed by atoms with Crippen molar-refractivity contribution in [3.63, 3.8) is 0 Å². The van der Waals surface area contributed by atoms with Crippen LogP contribution in [0.1, 0.15) is 57.9 Å². The largest absolute Gasteiger partial charge is 0.461 e. The van der Waals surface area contributed by atoms with Crippen molar-refractivity contribution < 1.29 is 19.1 Å². The van der Waals surface area contributed by atoms with Crippen LogP contribution in [0.2, 0.25) is 0 Å². The van der Waals surface area contributed by atoms with Gasteiger partial charge in [0.25, 0.3) is 0 Å². The fourth-order valence-corrected chi connectivity index (χ4v) is 3.48. The van der Waals surface area contributed by atoms with Gasteiger partial charge < -0.3 is 4.74 Å². The van der Waals surface area contributed by atoms with Gasteiger partial charge in [-0.3, -0.25) is 19.8 Å². The summed E-state index contributed by atoms with van der Waals surface area (Å²) in [4.78, 5) is 36.6. The molecule has 1 amide bonds. The van der Waals surface area contributed by atoms with E-state index in [1.54, 1.807) is 0 Å². The number of nitrogens with one attached hydrogen (secondary N) is 2. The van der Waals surface area contributed by atoms with E-state index in [0.29, 0.717) is 19.4 Å². The summed E-state index contributed by atoms with van der Waals surface area (Å²) in [6.07, 6.45) is 4.14. The number of ether oxygens (including phenoxy) is 1. The van der Waals surface area contributed by atoms with Crippen LogP contribution in [0.15, 0.2) is 30.3 Å². The number of hydrogen-bond donors (Lipinski definition) is 2. The number of rotatable bonds is 10. The summed E-state index contributed by atoms with van der Waals surface area (Å²) in [6, 6.07) is 9.47. The molecule has 6 heteroatoms. The minimum absolute atomic E-state index is 0.0339. The molecule has 0 bridgehead atoms. The Bertz CT molecular complexity index is 645. The monoisotopic (exact) mass is 388 g/mol. The lowest BCUT2D eigenvalue weighted by Gasteiger charge is -2.22. The standard InChI is InChI=1S/C22H32N2O4/c1-16(2)12-19(13-21(26)28-15-17-8-4-3-5-9-17)22(27)24-23-14-18-10-6-7-11-20(18)25/h3-5,8-9,16,18-19,23H,6-7,10-15H2,1-2H3,(H,24,27)/t18?,19-/m1/s1. The van der Waals surface area contributed by atoms with E-state index in [4.69, 9.17) is 4.74 Å². The third-order valence-electron chi connectivity index (χ3n) is 5.02. The van der Waals surface area contributed by atoms with Crippen LogP contribution in [-0.2, 0) is 25.7 Å². The van der Waals surface area contributed by atoms with Crippen molar-refractivity contribution in [3.05, 3.63) is 35.9 Å². The zero-order valence-electron chi connectivity index (χ0n) is 16.9. The molecule has 1 aromatic carbocycles. The molecule has 0 heterocycles. The molecule has 0 aliphatic heterocycles. The Morgan fingerprint density at radius 2 is 1.93 bits per heavy atom. The number of hydrogen-bond acceptors (Lipinski definition) is 5. The minimum atomic E-state index is -0.460. The number of hydrazine groups is 1. The molecule has 1 unspecified atom stereocenters. The van der Waals surface area contributed by atoms with Crippen LogP contribution in [0.4, 0.5) is 0 Å². The second-order valence-corrected chi connectivity index (χ2v) is 7.96. The average Bonchev–Trinajstić information content (AvgIpc) is 2.68. The third kappa shape index (κ3) is 7.80. The highest BCUT2D eigenvalue weighted by atomic mass is 16.5. The van der Waals surface area contributed by atoms with Crippen LogP contribution in [-0.4, -0.2) is 24.2 Å². The van der Waals surface area contributed by atoms with E-state index in [1.165, 1.54) is 0 Å². The molecule has 1 saturated carbocycles. The first-order valence-electron chi connectivity index (χ1n) is 10.2. The van der Waals surface area contributed by atoms with Gasteiger partial charge in [-0.15, -0.1) is 0 Å². The van der Waals surface area contributed by atoms with Crippen LogP contribution >= 0.6 is 0 Å². The lowest BCUT2D eigenvalue weighted by molar-refractivity contribution is -0.148. The lowest BCUT2D eigenvalue weighted by Crippen LogP contribution is -2.45. The van der Waals surface area contributed by atoms with E-state index in [0.717, 1.165) is 24.8 Å². The molecule has 1 aliphatic rings. The number of carbonyl (C=O) groups is 3. The third-order valence-corrected chi connectivity index (χ3v) is 5.02. The number of esters is 1. The first-order valence-corrected chi connectivity index (χ1v) is 10.2. The van der Waals surface area contributed by atoms with Crippen LogP contribution < -0.4 is 10.9 Å². The van der Waals surface area contributed by atoms with Gasteiger partial charge in [-0.1, -0.05) is 50.6 Å². The van der Waals surface area contributed by atoms with E-state index < -0.39 is 5.92 Å². The van der Waals surface area contributed by atoms with Gasteiger partial charge in [-0.05, 0) is 30.7 Å². The zero-order valence-corrected chi connectivity index (χ0v) is 16.9. The molecule has 1 aromatic rings. The number of Topliss-reactive ketones (excluding diaryl/α,β-unsaturated/α-hetero) is 1. The van der Waals surface area contributed by atoms with Gasteiger partial charge in [-0.25, -0.2) is 5.43 Å². The summed E-state index contributed by atoms with van der Waals surface area (Å²) in [5.74, 6) is -0.569. The number of ketones is 1. The van der Waals surface area contributed by atoms with Crippen molar-refractivity contribution in [3.8, 4) is 0 Å². The first-order chi connectivity index (χ1) is 13.5. The van der Waals surface area contributed by atoms with Gasteiger partial charge in [0, 0.05) is 24.8 Å². The molecule has 1 fully saturated rings. The average molecular weight is 389 g/mol. The molecule has 0 radical (unpaired) electrons. The fourth-order valence-electron chi connectivity index (χ4n) is 3.48. The highest BCUT2D eigenvalue weighted by molar-refractivity contribution is 5.84. The smallest absolute Gasteiger partial charge is 0.306 e. The minimum Gasteiger partial charge on any atom is -0.461 e. The Labute approximate surface area is 167 Å². The van der Waals surface area contributed by atoms with Crippen LogP contribution in [0.5, 0.6) is 0 Å². The van der Waals surface area contributed by atoms with E-state index in [-0.39, 0.29) is 42.5 Å². The first kappa shape index (κ1) is 22.1. The Morgan fingerprint density at radius 1 is 1.18 bits per heavy atom. The van der Waals surface area contributed by atoms with Gasteiger partial charge >= 0.3 is 5.97 Å². The van der Waals surface area contributed by atoms with Crippen molar-refractivity contribution in [2.45, 2.75) is 59.0 Å². The Morgan fingerprint density at radius 3 is 2.61 bits per heavy atom. The van der Waals surface area contributed by atoms with Crippen LogP contribution in [0, 0.1) is 17.8 Å². The van der Waals surface area contributed by atoms with Crippen molar-refractivity contribution in [2.75, 3.05) is 6.54 Å². The predicted octanol–water partition coefficient (Wildman–Crippen LogP) is 3.16. The van der Waals surface area contributed by atoms with Crippen molar-refractivity contribution in [2.24, 2.45) is 17.8 Å². The SMILES string of the molecule is CC(C)C[C@H](CC(=O)OCc1ccccc1)C(=O)NNCC1CCCCC1=O. The molecular formula is C22H32N2O4. The molecule has 2 atom stereocenters. The number of amides is 1. The molecule has 28 heavy (non-hydrogen) atoms. The fraction of sp³-hybridized carbons (Fsp3) is 0.591. The predicted molar refractivity (Wildman–Crippen MR) is 107 cm³/mol. The molecule has 0 saturated heterocycles. The summed E-state index contributed by atoms with van der Waals surface area (Å²) in [6.45, 7) is 4.68. The highest BCUT2D eigenvalue weighted by Crippen LogP contribution is 2.20. The van der Waals surface area contributed by atoms with E-state index in [1.807, 2.05) is 44.2 Å².